The second kappa shape index (κ2) is 9.29. The molecular formula is C15H25NOS. The molecule has 0 heterocycles. The van der Waals surface area contributed by atoms with Crippen LogP contribution < -0.4 is 4.74 Å². The molecular weight excluding hydrogens is 242 g/mol. The molecule has 0 bridgehead atoms. The Labute approximate surface area is 117 Å². The molecule has 0 unspecified atom stereocenters. The summed E-state index contributed by atoms with van der Waals surface area (Å²) in [5.74, 6) is 1.95. The second-order valence-electron chi connectivity index (χ2n) is 4.73. The van der Waals surface area contributed by atoms with Crippen molar-refractivity contribution in [3.05, 3.63) is 29.8 Å². The number of benzene rings is 1. The third-order valence-electron chi connectivity index (χ3n) is 3.03. The van der Waals surface area contributed by atoms with E-state index in [1.807, 2.05) is 6.07 Å². The standard InChI is InChI=1S/C15H25NOS/c1-16(10-5-3-4-6-11-18)13-14-8-7-9-15(12-14)17-2/h7-9,12,18H,3-6,10-11,13H2,1-2H3. The topological polar surface area (TPSA) is 12.5 Å². The molecule has 0 N–H and O–H groups in total. The number of hydrogen-bond donors (Lipinski definition) is 1. The van der Waals surface area contributed by atoms with Gasteiger partial charge in [-0.1, -0.05) is 25.0 Å². The first-order chi connectivity index (χ1) is 8.76. The maximum Gasteiger partial charge on any atom is 0.119 e. The number of hydrogen-bond acceptors (Lipinski definition) is 3. The third-order valence-corrected chi connectivity index (χ3v) is 3.35. The summed E-state index contributed by atoms with van der Waals surface area (Å²) in [4.78, 5) is 2.37. The zero-order chi connectivity index (χ0) is 13.2. The molecule has 102 valence electrons. The highest BCUT2D eigenvalue weighted by molar-refractivity contribution is 7.80. The molecule has 3 heteroatoms. The van der Waals surface area contributed by atoms with Crippen LogP contribution in [0.2, 0.25) is 0 Å². The highest BCUT2D eigenvalue weighted by atomic mass is 32.1. The largest absolute Gasteiger partial charge is 0.497 e. The lowest BCUT2D eigenvalue weighted by Crippen LogP contribution is -2.19. The Morgan fingerprint density at radius 2 is 1.94 bits per heavy atom. The zero-order valence-electron chi connectivity index (χ0n) is 11.6. The van der Waals surface area contributed by atoms with Crippen molar-refractivity contribution in [1.82, 2.24) is 4.90 Å². The molecule has 2 nitrogen and oxygen atoms in total. The second-order valence-corrected chi connectivity index (χ2v) is 5.17. The molecule has 1 rings (SSSR count). The summed E-state index contributed by atoms with van der Waals surface area (Å²) in [6.07, 6.45) is 5.12. The van der Waals surface area contributed by atoms with Gasteiger partial charge >= 0.3 is 0 Å². The summed E-state index contributed by atoms with van der Waals surface area (Å²) in [6.45, 7) is 2.15. The average Bonchev–Trinajstić information content (AvgIpc) is 2.38. The van der Waals surface area contributed by atoms with Crippen molar-refractivity contribution < 1.29 is 4.74 Å². The fourth-order valence-corrected chi connectivity index (χ4v) is 2.23. The van der Waals surface area contributed by atoms with Crippen LogP contribution in [0.4, 0.5) is 0 Å². The van der Waals surface area contributed by atoms with E-state index in [4.69, 9.17) is 4.74 Å². The number of ether oxygens (including phenoxy) is 1. The number of thiol groups is 1. The van der Waals surface area contributed by atoms with E-state index in [-0.39, 0.29) is 0 Å². The van der Waals surface area contributed by atoms with Crippen LogP contribution in [0, 0.1) is 0 Å². The van der Waals surface area contributed by atoms with Crippen molar-refractivity contribution >= 4 is 12.6 Å². The van der Waals surface area contributed by atoms with Crippen LogP contribution >= 0.6 is 12.6 Å². The number of unbranched alkanes of at least 4 members (excludes halogenated alkanes) is 3. The lowest BCUT2D eigenvalue weighted by atomic mass is 10.1. The zero-order valence-corrected chi connectivity index (χ0v) is 12.5. The minimum atomic E-state index is 0.940. The van der Waals surface area contributed by atoms with E-state index in [2.05, 4.69) is 42.8 Å². The molecule has 18 heavy (non-hydrogen) atoms. The van der Waals surface area contributed by atoms with Crippen LogP contribution in [0.1, 0.15) is 31.2 Å². The van der Waals surface area contributed by atoms with Gasteiger partial charge in [0.25, 0.3) is 0 Å². The van der Waals surface area contributed by atoms with E-state index in [9.17, 15) is 0 Å². The van der Waals surface area contributed by atoms with Gasteiger partial charge < -0.3 is 9.64 Å². The van der Waals surface area contributed by atoms with E-state index in [0.717, 1.165) is 24.6 Å². The molecule has 0 aliphatic rings. The van der Waals surface area contributed by atoms with E-state index in [1.54, 1.807) is 7.11 Å². The highest BCUT2D eigenvalue weighted by Crippen LogP contribution is 2.14. The van der Waals surface area contributed by atoms with Gasteiger partial charge in [-0.15, -0.1) is 0 Å². The lowest BCUT2D eigenvalue weighted by Gasteiger charge is -2.17. The Balaban J connectivity index is 2.24. The summed E-state index contributed by atoms with van der Waals surface area (Å²) >= 11 is 4.23. The normalized spacial score (nSPS) is 10.9. The fourth-order valence-electron chi connectivity index (χ4n) is 2.01. The van der Waals surface area contributed by atoms with Gasteiger partial charge in [-0.05, 0) is 49.9 Å². The number of nitrogens with zero attached hydrogens (tertiary/aromatic N) is 1. The van der Waals surface area contributed by atoms with Gasteiger partial charge in [-0.2, -0.15) is 12.6 Å². The average molecular weight is 267 g/mol. The van der Waals surface area contributed by atoms with Crippen LogP contribution in [0.5, 0.6) is 5.75 Å². The molecule has 1 aromatic rings. The first-order valence-corrected chi connectivity index (χ1v) is 7.32. The Kier molecular flexibility index (Phi) is 7.94. The maximum absolute atomic E-state index is 5.24. The monoisotopic (exact) mass is 267 g/mol. The maximum atomic E-state index is 5.24. The van der Waals surface area contributed by atoms with Crippen molar-refractivity contribution in [1.29, 1.82) is 0 Å². The van der Waals surface area contributed by atoms with Gasteiger partial charge in [-0.25, -0.2) is 0 Å². The van der Waals surface area contributed by atoms with Gasteiger partial charge in [-0.3, -0.25) is 0 Å². The molecule has 0 atom stereocenters. The minimum absolute atomic E-state index is 0.940. The molecule has 0 aliphatic carbocycles. The Bertz CT molecular complexity index is 330. The fraction of sp³-hybridized carbons (Fsp3) is 0.600. The molecule has 0 saturated heterocycles. The van der Waals surface area contributed by atoms with E-state index in [0.29, 0.717) is 0 Å². The van der Waals surface area contributed by atoms with E-state index in [1.165, 1.54) is 31.2 Å². The number of rotatable bonds is 9. The molecule has 0 radical (unpaired) electrons. The SMILES string of the molecule is COc1cccc(CN(C)CCCCCCS)c1. The quantitative estimate of drug-likeness (QED) is 0.542. The smallest absolute Gasteiger partial charge is 0.119 e. The minimum Gasteiger partial charge on any atom is -0.497 e. The van der Waals surface area contributed by atoms with Gasteiger partial charge in [0.15, 0.2) is 0 Å². The van der Waals surface area contributed by atoms with Crippen molar-refractivity contribution in [2.75, 3.05) is 26.5 Å². The predicted octanol–water partition coefficient (Wildman–Crippen LogP) is 3.62. The van der Waals surface area contributed by atoms with Crippen LogP contribution in [0.3, 0.4) is 0 Å². The van der Waals surface area contributed by atoms with Crippen LogP contribution in [-0.2, 0) is 6.54 Å². The Morgan fingerprint density at radius 3 is 2.67 bits per heavy atom. The van der Waals surface area contributed by atoms with Crippen LogP contribution in [-0.4, -0.2) is 31.4 Å². The lowest BCUT2D eigenvalue weighted by molar-refractivity contribution is 0.316. The molecule has 1 aromatic carbocycles. The Morgan fingerprint density at radius 1 is 1.17 bits per heavy atom. The summed E-state index contributed by atoms with van der Waals surface area (Å²) in [5, 5.41) is 0. The van der Waals surface area contributed by atoms with Gasteiger partial charge in [0.05, 0.1) is 7.11 Å². The summed E-state index contributed by atoms with van der Waals surface area (Å²) in [5.41, 5.74) is 1.31. The molecule has 0 aromatic heterocycles. The third kappa shape index (κ3) is 6.31. The highest BCUT2D eigenvalue weighted by Gasteiger charge is 2.01. The van der Waals surface area contributed by atoms with Crippen LogP contribution in [0.15, 0.2) is 24.3 Å². The molecule has 0 spiro atoms. The summed E-state index contributed by atoms with van der Waals surface area (Å²) in [6, 6.07) is 8.30. The van der Waals surface area contributed by atoms with E-state index < -0.39 is 0 Å². The molecule has 0 saturated carbocycles. The van der Waals surface area contributed by atoms with Gasteiger partial charge in [0.1, 0.15) is 5.75 Å². The van der Waals surface area contributed by atoms with Crippen molar-refractivity contribution in [3.63, 3.8) is 0 Å². The molecule has 0 amide bonds. The van der Waals surface area contributed by atoms with Crippen molar-refractivity contribution in [2.45, 2.75) is 32.2 Å². The number of methoxy groups -OCH3 is 1. The first kappa shape index (κ1) is 15.4. The van der Waals surface area contributed by atoms with E-state index >= 15 is 0 Å². The van der Waals surface area contributed by atoms with Crippen molar-refractivity contribution in [3.8, 4) is 5.75 Å². The Hall–Kier alpha value is -0.670. The molecule has 0 aliphatic heterocycles. The summed E-state index contributed by atoms with van der Waals surface area (Å²) in [7, 11) is 3.89. The van der Waals surface area contributed by atoms with Gasteiger partial charge in [0, 0.05) is 6.54 Å². The summed E-state index contributed by atoms with van der Waals surface area (Å²) < 4.78 is 5.24. The predicted molar refractivity (Wildman–Crippen MR) is 81.6 cm³/mol. The van der Waals surface area contributed by atoms with Gasteiger partial charge in [0.2, 0.25) is 0 Å². The van der Waals surface area contributed by atoms with Crippen LogP contribution in [0.25, 0.3) is 0 Å². The van der Waals surface area contributed by atoms with Crippen molar-refractivity contribution in [2.24, 2.45) is 0 Å². The molecule has 0 fully saturated rings. The first-order valence-electron chi connectivity index (χ1n) is 6.68.